The van der Waals surface area contributed by atoms with Crippen LogP contribution in [-0.2, 0) is 14.3 Å². The smallest absolute Gasteiger partial charge is 0.407 e. The van der Waals surface area contributed by atoms with Crippen LogP contribution in [0.15, 0.2) is 22.7 Å². The molecular formula is C21H27ClN6O5. The summed E-state index contributed by atoms with van der Waals surface area (Å²) in [6.07, 6.45) is 2.26. The number of ether oxygens (including phenoxy) is 1. The highest BCUT2D eigenvalue weighted by Gasteiger charge is 2.37. The minimum absolute atomic E-state index is 0.105. The minimum Gasteiger partial charge on any atom is -0.444 e. The van der Waals surface area contributed by atoms with Crippen LogP contribution in [-0.4, -0.2) is 50.8 Å². The molecule has 3 amide bonds. The van der Waals surface area contributed by atoms with E-state index in [1.54, 1.807) is 33.8 Å². The largest absolute Gasteiger partial charge is 0.444 e. The van der Waals surface area contributed by atoms with E-state index in [0.29, 0.717) is 36.1 Å². The lowest BCUT2D eigenvalue weighted by Crippen LogP contribution is -2.56. The summed E-state index contributed by atoms with van der Waals surface area (Å²) in [6, 6.07) is 2.01. The van der Waals surface area contributed by atoms with Gasteiger partial charge in [-0.3, -0.25) is 9.59 Å². The highest BCUT2D eigenvalue weighted by atomic mass is 35.5. The summed E-state index contributed by atoms with van der Waals surface area (Å²) in [5.74, 6) is -0.718. The van der Waals surface area contributed by atoms with Gasteiger partial charge in [0.1, 0.15) is 11.4 Å². The van der Waals surface area contributed by atoms with Gasteiger partial charge in [0.15, 0.2) is 0 Å². The summed E-state index contributed by atoms with van der Waals surface area (Å²) in [6.45, 7) is 6.97. The van der Waals surface area contributed by atoms with Gasteiger partial charge in [0.2, 0.25) is 11.8 Å². The van der Waals surface area contributed by atoms with Gasteiger partial charge in [-0.1, -0.05) is 11.6 Å². The van der Waals surface area contributed by atoms with Gasteiger partial charge in [0.25, 0.3) is 0 Å². The van der Waals surface area contributed by atoms with Crippen LogP contribution in [0, 0.1) is 6.92 Å². The van der Waals surface area contributed by atoms with E-state index in [1.807, 2.05) is 0 Å². The molecule has 3 rings (SSSR count). The number of nitrogens with one attached hydrogen (secondary N) is 3. The van der Waals surface area contributed by atoms with Crippen LogP contribution in [0.5, 0.6) is 0 Å². The Morgan fingerprint density at radius 2 is 1.85 bits per heavy atom. The van der Waals surface area contributed by atoms with Crippen LogP contribution >= 0.6 is 11.6 Å². The molecule has 3 N–H and O–H groups in total. The number of aryl methyl sites for hydroxylation is 1. The van der Waals surface area contributed by atoms with Crippen molar-refractivity contribution in [2.45, 2.75) is 70.6 Å². The van der Waals surface area contributed by atoms with Crippen molar-refractivity contribution in [1.29, 1.82) is 0 Å². The van der Waals surface area contributed by atoms with Crippen molar-refractivity contribution in [2.75, 3.05) is 5.32 Å². The fourth-order valence-corrected chi connectivity index (χ4v) is 3.63. The van der Waals surface area contributed by atoms with E-state index in [1.165, 1.54) is 12.3 Å². The van der Waals surface area contributed by atoms with Crippen molar-refractivity contribution < 1.29 is 23.5 Å². The van der Waals surface area contributed by atoms with Crippen molar-refractivity contribution in [2.24, 2.45) is 0 Å². The normalized spacial score (nSPS) is 20.6. The van der Waals surface area contributed by atoms with Crippen LogP contribution < -0.4 is 16.0 Å². The molecule has 178 valence electrons. The number of carbonyl (C=O) groups excluding carboxylic acids is 3. The second-order valence-electron chi connectivity index (χ2n) is 8.82. The van der Waals surface area contributed by atoms with Crippen LogP contribution in [0.4, 0.5) is 10.6 Å². The number of anilines is 1. The first-order valence-corrected chi connectivity index (χ1v) is 10.9. The molecule has 1 fully saturated rings. The first-order valence-electron chi connectivity index (χ1n) is 10.5. The zero-order chi connectivity index (χ0) is 24.2. The third-order valence-electron chi connectivity index (χ3n) is 4.94. The number of alkyl carbamates (subject to hydrolysis) is 1. The molecule has 0 bridgehead atoms. The Morgan fingerprint density at radius 3 is 2.45 bits per heavy atom. The molecule has 1 saturated carbocycles. The number of rotatable bonds is 4. The summed E-state index contributed by atoms with van der Waals surface area (Å²) < 4.78 is 10.9. The molecule has 0 unspecified atom stereocenters. The number of carbonyl (C=O) groups is 3. The highest BCUT2D eigenvalue weighted by Crippen LogP contribution is 2.32. The summed E-state index contributed by atoms with van der Waals surface area (Å²) in [4.78, 5) is 41.2. The molecule has 0 aromatic carbocycles. The Balaban J connectivity index is 1.67. The maximum absolute atomic E-state index is 12.5. The summed E-state index contributed by atoms with van der Waals surface area (Å²) in [5.41, 5.74) is -0.689. The number of hydrogen-bond acceptors (Lipinski definition) is 8. The Labute approximate surface area is 196 Å². The van der Waals surface area contributed by atoms with Crippen LogP contribution in [0.25, 0.3) is 0 Å². The van der Waals surface area contributed by atoms with Gasteiger partial charge in [-0.05, 0) is 52.2 Å². The second-order valence-corrected chi connectivity index (χ2v) is 9.25. The Bertz CT molecular complexity index is 1000. The Kier molecular flexibility index (Phi) is 7.52. The van der Waals surface area contributed by atoms with Gasteiger partial charge in [-0.2, -0.15) is 0 Å². The number of nitrogens with zero attached hydrogens (tertiary/aromatic N) is 3. The predicted molar refractivity (Wildman–Crippen MR) is 119 cm³/mol. The van der Waals surface area contributed by atoms with Gasteiger partial charge in [-0.15, -0.1) is 10.2 Å². The molecule has 11 nitrogen and oxygen atoms in total. The molecule has 3 atom stereocenters. The summed E-state index contributed by atoms with van der Waals surface area (Å²) in [7, 11) is 0. The van der Waals surface area contributed by atoms with E-state index < -0.39 is 35.6 Å². The first kappa shape index (κ1) is 24.4. The monoisotopic (exact) mass is 478 g/mol. The number of pyridine rings is 1. The van der Waals surface area contributed by atoms with Crippen LogP contribution in [0.2, 0.25) is 5.02 Å². The third-order valence-corrected chi connectivity index (χ3v) is 5.16. The van der Waals surface area contributed by atoms with Gasteiger partial charge in [0, 0.05) is 25.1 Å². The van der Waals surface area contributed by atoms with Gasteiger partial charge >= 0.3 is 17.9 Å². The predicted octanol–water partition coefficient (Wildman–Crippen LogP) is 2.71. The van der Waals surface area contributed by atoms with Gasteiger partial charge in [-0.25, -0.2) is 9.78 Å². The molecule has 33 heavy (non-hydrogen) atoms. The molecule has 2 heterocycles. The lowest BCUT2D eigenvalue weighted by atomic mass is 9.82. The average Bonchev–Trinajstić information content (AvgIpc) is 3.15. The van der Waals surface area contributed by atoms with E-state index in [2.05, 4.69) is 31.1 Å². The molecule has 0 spiro atoms. The molecule has 0 aliphatic heterocycles. The van der Waals surface area contributed by atoms with Gasteiger partial charge < -0.3 is 25.1 Å². The minimum atomic E-state index is -0.879. The standard InChI is InChI=1S/C21H27ClN6O5/c1-11-27-28-19(32-11)12-5-7-14(15(9-12)25-20(31)33-21(2,3)4)24-17(29)18(30)26-16-8-6-13(22)10-23-16/h6,8,10,12,14-15H,5,7,9H2,1-4H3,(H,24,29)(H,25,31)(H,23,26,30)/t12-,14-,15+/m0/s1. The molecule has 12 heteroatoms. The zero-order valence-electron chi connectivity index (χ0n) is 18.8. The maximum atomic E-state index is 12.5. The quantitative estimate of drug-likeness (QED) is 0.568. The Morgan fingerprint density at radius 1 is 1.09 bits per heavy atom. The topological polar surface area (TPSA) is 148 Å². The van der Waals surface area contributed by atoms with Crippen molar-refractivity contribution >= 4 is 35.3 Å². The molecule has 0 saturated heterocycles. The molecule has 1 aliphatic rings. The molecule has 0 radical (unpaired) electrons. The lowest BCUT2D eigenvalue weighted by Gasteiger charge is -2.36. The number of hydrogen-bond donors (Lipinski definition) is 3. The SMILES string of the molecule is Cc1nnc([C@H]2CC[C@H](NC(=O)C(=O)Nc3ccc(Cl)cn3)[C@H](NC(=O)OC(C)(C)C)C2)o1. The van der Waals surface area contributed by atoms with Crippen molar-refractivity contribution in [1.82, 2.24) is 25.8 Å². The van der Waals surface area contributed by atoms with Crippen molar-refractivity contribution in [3.8, 4) is 0 Å². The van der Waals surface area contributed by atoms with Crippen LogP contribution in [0.1, 0.15) is 57.7 Å². The molecule has 2 aromatic heterocycles. The summed E-state index contributed by atoms with van der Waals surface area (Å²) >= 11 is 5.78. The summed E-state index contributed by atoms with van der Waals surface area (Å²) in [5, 5.41) is 16.3. The number of halogens is 1. The van der Waals surface area contributed by atoms with Gasteiger partial charge in [0.05, 0.1) is 11.1 Å². The van der Waals surface area contributed by atoms with E-state index in [4.69, 9.17) is 20.8 Å². The molecule has 1 aliphatic carbocycles. The lowest BCUT2D eigenvalue weighted by molar-refractivity contribution is -0.136. The maximum Gasteiger partial charge on any atom is 0.407 e. The second kappa shape index (κ2) is 10.2. The van der Waals surface area contributed by atoms with E-state index in [0.717, 1.165) is 0 Å². The third kappa shape index (κ3) is 7.14. The fraction of sp³-hybridized carbons (Fsp3) is 0.524. The highest BCUT2D eigenvalue weighted by molar-refractivity contribution is 6.39. The van der Waals surface area contributed by atoms with Crippen molar-refractivity contribution in [3.63, 3.8) is 0 Å². The number of aromatic nitrogens is 3. The fourth-order valence-electron chi connectivity index (χ4n) is 3.52. The average molecular weight is 479 g/mol. The molecule has 2 aromatic rings. The number of amides is 3. The zero-order valence-corrected chi connectivity index (χ0v) is 19.6. The Hall–Kier alpha value is -3.21. The van der Waals surface area contributed by atoms with E-state index >= 15 is 0 Å². The van der Waals surface area contributed by atoms with E-state index in [-0.39, 0.29) is 11.7 Å². The first-order chi connectivity index (χ1) is 15.5. The van der Waals surface area contributed by atoms with Crippen LogP contribution in [0.3, 0.4) is 0 Å². The van der Waals surface area contributed by atoms with Crippen molar-refractivity contribution in [3.05, 3.63) is 35.1 Å². The van der Waals surface area contributed by atoms with E-state index in [9.17, 15) is 14.4 Å². The molecular weight excluding hydrogens is 452 g/mol.